The minimum atomic E-state index is -1.59. The van der Waals surface area contributed by atoms with Crippen LogP contribution in [0.25, 0.3) is 22.3 Å². The quantitative estimate of drug-likeness (QED) is 0.297. The number of rotatable bonds is 7. The van der Waals surface area contributed by atoms with E-state index in [1.165, 1.54) is 11.5 Å². The molecule has 0 amide bonds. The van der Waals surface area contributed by atoms with Crippen LogP contribution in [0.2, 0.25) is 0 Å². The van der Waals surface area contributed by atoms with Crippen LogP contribution in [0.5, 0.6) is 11.5 Å². The lowest BCUT2D eigenvalue weighted by Gasteiger charge is -2.09. The van der Waals surface area contributed by atoms with Gasteiger partial charge in [-0.05, 0) is 47.0 Å². The van der Waals surface area contributed by atoms with Crippen LogP contribution in [-0.4, -0.2) is 10.2 Å². The largest absolute Gasteiger partial charge is 0.423 e. The van der Waals surface area contributed by atoms with Crippen LogP contribution in [0.3, 0.4) is 0 Å². The molecule has 0 radical (unpaired) electrons. The van der Waals surface area contributed by atoms with Gasteiger partial charge in [0.15, 0.2) is 0 Å². The average Bonchev–Trinajstić information content (AvgIpc) is 2.74. The van der Waals surface area contributed by atoms with Crippen LogP contribution in [-0.2, 0) is 15.9 Å². The number of hydrogen-bond acceptors (Lipinski definition) is 4. The highest BCUT2D eigenvalue weighted by Crippen LogP contribution is 2.30. The van der Waals surface area contributed by atoms with Crippen molar-refractivity contribution < 1.29 is 22.3 Å². The minimum absolute atomic E-state index is 0.357. The SMILES string of the molecule is C=CC(=O)Oc1ccc(-c2ccc(-c3ccc(OS(=O)C=C)cc3)cc2F)cc1. The van der Waals surface area contributed by atoms with E-state index in [2.05, 4.69) is 13.2 Å². The molecule has 0 aliphatic rings. The number of ether oxygens (including phenoxy) is 1. The summed E-state index contributed by atoms with van der Waals surface area (Å²) in [7, 11) is 0. The van der Waals surface area contributed by atoms with Crippen LogP contribution < -0.4 is 8.92 Å². The molecular formula is C23H17FO4S. The van der Waals surface area contributed by atoms with Crippen molar-refractivity contribution in [1.82, 2.24) is 0 Å². The Morgan fingerprint density at radius 3 is 2.03 bits per heavy atom. The Kier molecular flexibility index (Phi) is 6.36. The number of halogens is 1. The molecule has 0 aliphatic carbocycles. The normalized spacial score (nSPS) is 11.3. The van der Waals surface area contributed by atoms with Gasteiger partial charge < -0.3 is 8.92 Å². The van der Waals surface area contributed by atoms with Crippen molar-refractivity contribution in [2.24, 2.45) is 0 Å². The van der Waals surface area contributed by atoms with Gasteiger partial charge in [-0.25, -0.2) is 13.4 Å². The van der Waals surface area contributed by atoms with E-state index in [-0.39, 0.29) is 5.82 Å². The lowest BCUT2D eigenvalue weighted by molar-refractivity contribution is -0.128. The zero-order chi connectivity index (χ0) is 20.8. The molecule has 1 unspecified atom stereocenters. The van der Waals surface area contributed by atoms with Gasteiger partial charge in [-0.2, -0.15) is 0 Å². The molecule has 3 aromatic rings. The van der Waals surface area contributed by atoms with Crippen LogP contribution in [0.1, 0.15) is 0 Å². The first-order chi connectivity index (χ1) is 14.0. The smallest absolute Gasteiger partial charge is 0.335 e. The molecule has 0 heterocycles. The fourth-order valence-corrected chi connectivity index (χ4v) is 2.99. The van der Waals surface area contributed by atoms with E-state index in [9.17, 15) is 13.4 Å². The third kappa shape index (κ3) is 5.06. The average molecular weight is 408 g/mol. The second-order valence-corrected chi connectivity index (χ2v) is 6.90. The molecule has 3 aromatic carbocycles. The standard InChI is InChI=1S/C23H17FO4S/c1-3-23(25)27-19-10-7-17(8-11-19)21-14-9-18(15-22(21)24)16-5-12-20(13-6-16)28-29(26)4-2/h3-15H,1-2H2. The van der Waals surface area contributed by atoms with Crippen LogP contribution in [0.4, 0.5) is 4.39 Å². The molecule has 1 atom stereocenters. The molecule has 0 N–H and O–H groups in total. The monoisotopic (exact) mass is 408 g/mol. The minimum Gasteiger partial charge on any atom is -0.423 e. The van der Waals surface area contributed by atoms with E-state index in [0.29, 0.717) is 28.2 Å². The highest BCUT2D eigenvalue weighted by atomic mass is 32.2. The van der Waals surface area contributed by atoms with Crippen molar-refractivity contribution >= 4 is 17.0 Å². The number of hydrogen-bond donors (Lipinski definition) is 0. The Balaban J connectivity index is 1.79. The van der Waals surface area contributed by atoms with E-state index < -0.39 is 17.0 Å². The molecule has 6 heteroatoms. The van der Waals surface area contributed by atoms with Gasteiger partial charge in [0, 0.05) is 17.0 Å². The first kappa shape index (κ1) is 20.2. The van der Waals surface area contributed by atoms with Gasteiger partial charge >= 0.3 is 5.97 Å². The summed E-state index contributed by atoms with van der Waals surface area (Å²) in [5.74, 6) is -0.149. The van der Waals surface area contributed by atoms with Gasteiger partial charge in [0.2, 0.25) is 11.1 Å². The Hall–Kier alpha value is -3.51. The molecule has 0 spiro atoms. The number of carbonyl (C=O) groups is 1. The Bertz CT molecular complexity index is 1070. The van der Waals surface area contributed by atoms with Crippen molar-refractivity contribution in [1.29, 1.82) is 0 Å². The summed E-state index contributed by atoms with van der Waals surface area (Å²) < 4.78 is 36.2. The van der Waals surface area contributed by atoms with Crippen molar-refractivity contribution in [2.45, 2.75) is 0 Å². The van der Waals surface area contributed by atoms with Crippen LogP contribution in [0.15, 0.2) is 91.4 Å². The van der Waals surface area contributed by atoms with Crippen LogP contribution in [0, 0.1) is 5.82 Å². The van der Waals surface area contributed by atoms with Crippen molar-refractivity contribution in [3.63, 3.8) is 0 Å². The lowest BCUT2D eigenvalue weighted by Crippen LogP contribution is -2.02. The molecule has 0 fully saturated rings. The van der Waals surface area contributed by atoms with Gasteiger partial charge in [-0.15, -0.1) is 0 Å². The predicted molar refractivity (Wildman–Crippen MR) is 112 cm³/mol. The highest BCUT2D eigenvalue weighted by molar-refractivity contribution is 7.83. The van der Waals surface area contributed by atoms with Crippen LogP contribution >= 0.6 is 0 Å². The summed E-state index contributed by atoms with van der Waals surface area (Å²) in [5, 5.41) is 1.19. The second-order valence-electron chi connectivity index (χ2n) is 5.88. The van der Waals surface area contributed by atoms with Crippen molar-refractivity contribution in [3.05, 3.63) is 97.2 Å². The van der Waals surface area contributed by atoms with Gasteiger partial charge in [-0.1, -0.05) is 49.6 Å². The maximum absolute atomic E-state index is 14.7. The third-order valence-electron chi connectivity index (χ3n) is 4.02. The highest BCUT2D eigenvalue weighted by Gasteiger charge is 2.09. The summed E-state index contributed by atoms with van der Waals surface area (Å²) in [6.07, 6.45) is 1.07. The molecule has 0 aliphatic heterocycles. The summed E-state index contributed by atoms with van der Waals surface area (Å²) in [6, 6.07) is 18.3. The summed E-state index contributed by atoms with van der Waals surface area (Å²) in [4.78, 5) is 11.2. The molecule has 0 aromatic heterocycles. The van der Waals surface area contributed by atoms with Crippen molar-refractivity contribution in [3.8, 4) is 33.8 Å². The van der Waals surface area contributed by atoms with Gasteiger partial charge in [0.25, 0.3) is 0 Å². The van der Waals surface area contributed by atoms with Gasteiger partial charge in [-0.3, -0.25) is 0 Å². The zero-order valence-corrected chi connectivity index (χ0v) is 16.2. The van der Waals surface area contributed by atoms with E-state index in [0.717, 1.165) is 11.6 Å². The van der Waals surface area contributed by atoms with Gasteiger partial charge in [0.05, 0.1) is 0 Å². The van der Waals surface area contributed by atoms with E-state index in [4.69, 9.17) is 8.92 Å². The molecule has 4 nitrogen and oxygen atoms in total. The number of benzene rings is 3. The van der Waals surface area contributed by atoms with Crippen molar-refractivity contribution in [2.75, 3.05) is 0 Å². The topological polar surface area (TPSA) is 52.6 Å². The Morgan fingerprint density at radius 1 is 0.862 bits per heavy atom. The molecule has 29 heavy (non-hydrogen) atoms. The first-order valence-electron chi connectivity index (χ1n) is 8.56. The lowest BCUT2D eigenvalue weighted by atomic mass is 9.99. The number of carbonyl (C=O) groups excluding carboxylic acids is 1. The van der Waals surface area contributed by atoms with E-state index >= 15 is 0 Å². The van der Waals surface area contributed by atoms with Gasteiger partial charge in [0.1, 0.15) is 17.3 Å². The summed E-state index contributed by atoms with van der Waals surface area (Å²) in [5.41, 5.74) is 2.57. The van der Waals surface area contributed by atoms with E-state index in [1.54, 1.807) is 54.6 Å². The Labute approximate surface area is 170 Å². The molecule has 0 bridgehead atoms. The second kappa shape index (κ2) is 9.12. The predicted octanol–water partition coefficient (Wildman–Crippen LogP) is 5.44. The third-order valence-corrected chi connectivity index (χ3v) is 4.65. The molecule has 0 saturated carbocycles. The zero-order valence-electron chi connectivity index (χ0n) is 15.3. The fraction of sp³-hybridized carbons (Fsp3) is 0. The fourth-order valence-electron chi connectivity index (χ4n) is 2.62. The maximum atomic E-state index is 14.7. The first-order valence-corrected chi connectivity index (χ1v) is 9.70. The summed E-state index contributed by atoms with van der Waals surface area (Å²) >= 11 is -1.59. The maximum Gasteiger partial charge on any atom is 0.335 e. The molecule has 146 valence electrons. The molecular weight excluding hydrogens is 391 g/mol. The number of esters is 1. The van der Waals surface area contributed by atoms with E-state index in [1.807, 2.05) is 6.07 Å². The molecule has 3 rings (SSSR count). The Morgan fingerprint density at radius 2 is 1.45 bits per heavy atom. The summed E-state index contributed by atoms with van der Waals surface area (Å²) in [6.45, 7) is 6.73. The molecule has 0 saturated heterocycles.